The number of H-pyrrole nitrogens is 1. The number of aromatic nitrogens is 3. The van der Waals surface area contributed by atoms with Gasteiger partial charge in [0.05, 0.1) is 22.8 Å². The molecule has 2 aromatic heterocycles. The lowest BCUT2D eigenvalue weighted by Gasteiger charge is -2.07. The Balaban J connectivity index is 1.95. The molecule has 0 aliphatic carbocycles. The average Bonchev–Trinajstić information content (AvgIpc) is 2.88. The lowest BCUT2D eigenvalue weighted by atomic mass is 10.2. The first kappa shape index (κ1) is 11.2. The summed E-state index contributed by atoms with van der Waals surface area (Å²) in [6.07, 6.45) is 3.16. The number of phenols is 1. The molecule has 6 heteroatoms. The van der Waals surface area contributed by atoms with Crippen LogP contribution in [-0.4, -0.2) is 26.2 Å². The summed E-state index contributed by atoms with van der Waals surface area (Å²) in [5.41, 5.74) is 1.40. The molecule has 6 nitrogen and oxygen atoms in total. The molecule has 0 saturated heterocycles. The number of fused-ring (bicyclic) bond motifs is 1. The Morgan fingerprint density at radius 1 is 1.26 bits per heavy atom. The molecule has 3 rings (SSSR count). The van der Waals surface area contributed by atoms with Crippen molar-refractivity contribution in [1.82, 2.24) is 15.2 Å². The van der Waals surface area contributed by atoms with E-state index in [2.05, 4.69) is 20.5 Å². The van der Waals surface area contributed by atoms with Gasteiger partial charge in [-0.1, -0.05) is 12.1 Å². The number of carbonyl (C=O) groups is 1. The van der Waals surface area contributed by atoms with E-state index in [0.717, 1.165) is 0 Å². The van der Waals surface area contributed by atoms with Crippen molar-refractivity contribution >= 4 is 22.6 Å². The topological polar surface area (TPSA) is 90.9 Å². The van der Waals surface area contributed by atoms with E-state index in [4.69, 9.17) is 0 Å². The molecular formula is C13H10N4O2. The monoisotopic (exact) mass is 254 g/mol. The molecule has 1 amide bonds. The van der Waals surface area contributed by atoms with Crippen LogP contribution in [0.5, 0.6) is 5.75 Å². The van der Waals surface area contributed by atoms with E-state index in [1.165, 1.54) is 6.07 Å². The number of aromatic hydroxyl groups is 1. The highest BCUT2D eigenvalue weighted by molar-refractivity contribution is 6.09. The normalized spacial score (nSPS) is 10.5. The third kappa shape index (κ3) is 1.99. The molecule has 1 aromatic carbocycles. The molecule has 2 heterocycles. The third-order valence-electron chi connectivity index (χ3n) is 2.75. The third-order valence-corrected chi connectivity index (χ3v) is 2.75. The number of hydrogen-bond acceptors (Lipinski definition) is 4. The molecule has 0 aliphatic rings. The Hall–Kier alpha value is -2.89. The minimum atomic E-state index is -0.383. The van der Waals surface area contributed by atoms with E-state index in [0.29, 0.717) is 16.7 Å². The quantitative estimate of drug-likeness (QED) is 0.651. The van der Waals surface area contributed by atoms with Crippen LogP contribution in [0.2, 0.25) is 0 Å². The van der Waals surface area contributed by atoms with Crippen LogP contribution in [0.25, 0.3) is 11.0 Å². The summed E-state index contributed by atoms with van der Waals surface area (Å²) in [5, 5.41) is 19.7. The van der Waals surface area contributed by atoms with Crippen molar-refractivity contribution in [3.63, 3.8) is 0 Å². The fourth-order valence-electron chi connectivity index (χ4n) is 1.82. The van der Waals surface area contributed by atoms with Crippen LogP contribution in [-0.2, 0) is 0 Å². The highest BCUT2D eigenvalue weighted by Crippen LogP contribution is 2.22. The molecule has 0 aliphatic heterocycles. The van der Waals surface area contributed by atoms with Gasteiger partial charge >= 0.3 is 0 Å². The summed E-state index contributed by atoms with van der Waals surface area (Å²) < 4.78 is 0. The van der Waals surface area contributed by atoms with Gasteiger partial charge in [0.15, 0.2) is 5.65 Å². The molecule has 94 valence electrons. The standard InChI is InChI=1S/C13H10N4O2/c18-11-4-2-1-3-8(11)13(19)16-10-5-6-14-12-9(10)7-15-17-12/h1-7,18H,(H2,14,15,16,17,19). The maximum absolute atomic E-state index is 12.1. The van der Waals surface area contributed by atoms with Gasteiger partial charge in [0.2, 0.25) is 0 Å². The van der Waals surface area contributed by atoms with Crippen molar-refractivity contribution < 1.29 is 9.90 Å². The largest absolute Gasteiger partial charge is 0.507 e. The number of hydrogen-bond donors (Lipinski definition) is 3. The molecule has 0 spiro atoms. The maximum atomic E-state index is 12.1. The van der Waals surface area contributed by atoms with Crippen molar-refractivity contribution in [3.8, 4) is 5.75 Å². The Kier molecular flexibility index (Phi) is 2.60. The maximum Gasteiger partial charge on any atom is 0.259 e. The van der Waals surface area contributed by atoms with Crippen LogP contribution < -0.4 is 5.32 Å². The molecule has 3 aromatic rings. The Morgan fingerprint density at radius 3 is 2.95 bits per heavy atom. The number of nitrogens with zero attached hydrogens (tertiary/aromatic N) is 2. The lowest BCUT2D eigenvalue weighted by Crippen LogP contribution is -2.12. The highest BCUT2D eigenvalue weighted by Gasteiger charge is 2.12. The van der Waals surface area contributed by atoms with Crippen LogP contribution in [0, 0.1) is 0 Å². The molecule has 0 radical (unpaired) electrons. The smallest absolute Gasteiger partial charge is 0.259 e. The summed E-state index contributed by atoms with van der Waals surface area (Å²) >= 11 is 0. The highest BCUT2D eigenvalue weighted by atomic mass is 16.3. The van der Waals surface area contributed by atoms with Gasteiger partial charge in [0, 0.05) is 6.20 Å². The predicted molar refractivity (Wildman–Crippen MR) is 69.9 cm³/mol. The van der Waals surface area contributed by atoms with Crippen LogP contribution in [0.1, 0.15) is 10.4 Å². The minimum absolute atomic E-state index is 0.0579. The molecule has 0 atom stereocenters. The van der Waals surface area contributed by atoms with Crippen LogP contribution in [0.15, 0.2) is 42.7 Å². The minimum Gasteiger partial charge on any atom is -0.507 e. The van der Waals surface area contributed by atoms with E-state index in [1.807, 2.05) is 0 Å². The SMILES string of the molecule is O=C(Nc1ccnc2[nH]ncc12)c1ccccc1O. The summed E-state index contributed by atoms with van der Waals surface area (Å²) in [7, 11) is 0. The van der Waals surface area contributed by atoms with Crippen LogP contribution in [0.4, 0.5) is 5.69 Å². The predicted octanol–water partition coefficient (Wildman–Crippen LogP) is 1.92. The fourth-order valence-corrected chi connectivity index (χ4v) is 1.82. The molecule has 0 unspecified atom stereocenters. The van der Waals surface area contributed by atoms with Crippen molar-refractivity contribution in [2.75, 3.05) is 5.32 Å². The zero-order valence-corrected chi connectivity index (χ0v) is 9.79. The lowest BCUT2D eigenvalue weighted by molar-refractivity contribution is 0.102. The van der Waals surface area contributed by atoms with Crippen molar-refractivity contribution in [2.45, 2.75) is 0 Å². The van der Waals surface area contributed by atoms with Crippen molar-refractivity contribution in [2.24, 2.45) is 0 Å². The van der Waals surface area contributed by atoms with Crippen molar-refractivity contribution in [1.29, 1.82) is 0 Å². The second-order valence-corrected chi connectivity index (χ2v) is 3.96. The summed E-state index contributed by atoms with van der Waals surface area (Å²) in [6.45, 7) is 0. The van der Waals surface area contributed by atoms with Gasteiger partial charge in [0.25, 0.3) is 5.91 Å². The first-order valence-electron chi connectivity index (χ1n) is 5.63. The molecule has 0 fully saturated rings. The summed E-state index contributed by atoms with van der Waals surface area (Å²) in [5.74, 6) is -0.440. The molecule has 0 bridgehead atoms. The molecule has 19 heavy (non-hydrogen) atoms. The van der Waals surface area contributed by atoms with Gasteiger partial charge in [-0.25, -0.2) is 4.98 Å². The number of benzene rings is 1. The van der Waals surface area contributed by atoms with Crippen molar-refractivity contribution in [3.05, 3.63) is 48.3 Å². The summed E-state index contributed by atoms with van der Waals surface area (Å²) in [6, 6.07) is 8.05. The van der Waals surface area contributed by atoms with E-state index in [9.17, 15) is 9.90 Å². The first-order chi connectivity index (χ1) is 9.25. The molecular weight excluding hydrogens is 244 g/mol. The van der Waals surface area contributed by atoms with Gasteiger partial charge in [-0.05, 0) is 18.2 Å². The number of carbonyl (C=O) groups excluding carboxylic acids is 1. The van der Waals surface area contributed by atoms with Gasteiger partial charge in [-0.3, -0.25) is 9.89 Å². The second kappa shape index (κ2) is 4.41. The number of anilines is 1. The molecule has 3 N–H and O–H groups in total. The average molecular weight is 254 g/mol. The second-order valence-electron chi connectivity index (χ2n) is 3.96. The van der Waals surface area contributed by atoms with E-state index in [1.54, 1.807) is 36.7 Å². The van der Waals surface area contributed by atoms with Gasteiger partial charge < -0.3 is 10.4 Å². The van der Waals surface area contributed by atoms with E-state index in [-0.39, 0.29) is 17.2 Å². The molecule has 0 saturated carbocycles. The summed E-state index contributed by atoms with van der Waals surface area (Å²) in [4.78, 5) is 16.2. The number of pyridine rings is 1. The number of para-hydroxylation sites is 1. The number of nitrogens with one attached hydrogen (secondary N) is 2. The Labute approximate surface area is 108 Å². The number of aromatic amines is 1. The van der Waals surface area contributed by atoms with E-state index >= 15 is 0 Å². The number of rotatable bonds is 2. The van der Waals surface area contributed by atoms with E-state index < -0.39 is 0 Å². The van der Waals surface area contributed by atoms with Gasteiger partial charge in [-0.2, -0.15) is 5.10 Å². The Morgan fingerprint density at radius 2 is 2.11 bits per heavy atom. The Bertz CT molecular complexity index is 751. The number of phenolic OH excluding ortho intramolecular Hbond substituents is 1. The zero-order chi connectivity index (χ0) is 13.2. The first-order valence-corrected chi connectivity index (χ1v) is 5.63. The fraction of sp³-hybridized carbons (Fsp3) is 0. The van der Waals surface area contributed by atoms with Crippen LogP contribution >= 0.6 is 0 Å². The number of amides is 1. The van der Waals surface area contributed by atoms with Crippen LogP contribution in [0.3, 0.4) is 0 Å². The van der Waals surface area contributed by atoms with Gasteiger partial charge in [0.1, 0.15) is 5.75 Å². The zero-order valence-electron chi connectivity index (χ0n) is 9.79. The van der Waals surface area contributed by atoms with Gasteiger partial charge in [-0.15, -0.1) is 0 Å².